The molecule has 0 spiro atoms. The largest absolute Gasteiger partial charge is 0.445 e. The Morgan fingerprint density at radius 2 is 1.78 bits per heavy atom. The van der Waals surface area contributed by atoms with Crippen LogP contribution in [-0.4, -0.2) is 61.3 Å². The molecule has 7 heteroatoms. The van der Waals surface area contributed by atoms with Crippen molar-refractivity contribution in [1.29, 1.82) is 0 Å². The Hall–Kier alpha value is -1.41. The van der Waals surface area contributed by atoms with Crippen LogP contribution in [0, 0.1) is 0 Å². The summed E-state index contributed by atoms with van der Waals surface area (Å²) >= 11 is 0. The third-order valence-electron chi connectivity index (χ3n) is 7.07. The van der Waals surface area contributed by atoms with Gasteiger partial charge >= 0.3 is 6.09 Å². The van der Waals surface area contributed by atoms with Crippen molar-refractivity contribution >= 4 is 14.4 Å². The van der Waals surface area contributed by atoms with Crippen LogP contribution in [-0.2, 0) is 20.6 Å². The van der Waals surface area contributed by atoms with Crippen LogP contribution in [0.3, 0.4) is 0 Å². The van der Waals surface area contributed by atoms with E-state index < -0.39 is 8.32 Å². The van der Waals surface area contributed by atoms with E-state index in [0.29, 0.717) is 6.54 Å². The summed E-state index contributed by atoms with van der Waals surface area (Å²) in [5, 5.41) is 2.17. The molecule has 32 heavy (non-hydrogen) atoms. The van der Waals surface area contributed by atoms with Gasteiger partial charge in [0.25, 0.3) is 0 Å². The highest BCUT2D eigenvalue weighted by Gasteiger charge is 2.48. The van der Waals surface area contributed by atoms with Crippen molar-refractivity contribution in [2.24, 2.45) is 0 Å². The normalized spacial score (nSPS) is 25.4. The van der Waals surface area contributed by atoms with E-state index in [9.17, 15) is 4.79 Å². The van der Waals surface area contributed by atoms with E-state index in [2.05, 4.69) is 54.6 Å². The zero-order valence-electron chi connectivity index (χ0n) is 21.2. The molecule has 2 saturated heterocycles. The van der Waals surface area contributed by atoms with E-state index in [-0.39, 0.29) is 41.5 Å². The highest BCUT2D eigenvalue weighted by atomic mass is 28.4. The molecule has 0 aromatic heterocycles. The fourth-order valence-electron chi connectivity index (χ4n) is 4.14. The Kier molecular flexibility index (Phi) is 7.44. The maximum atomic E-state index is 13.2. The van der Waals surface area contributed by atoms with E-state index >= 15 is 0 Å². The van der Waals surface area contributed by atoms with Crippen LogP contribution >= 0.6 is 0 Å². The molecule has 0 N–H and O–H groups in total. The summed E-state index contributed by atoms with van der Waals surface area (Å²) in [5.74, 6) is 0. The van der Waals surface area contributed by atoms with Gasteiger partial charge in [-0.15, -0.1) is 0 Å². The first-order valence-corrected chi connectivity index (χ1v) is 14.8. The molecule has 3 rings (SSSR count). The number of nitrogens with zero attached hydrogens (tertiary/aromatic N) is 2. The summed E-state index contributed by atoms with van der Waals surface area (Å²) in [7, 11) is -1.95. The lowest BCUT2D eigenvalue weighted by Crippen LogP contribution is -2.45. The highest BCUT2D eigenvalue weighted by molar-refractivity contribution is 6.74. The minimum absolute atomic E-state index is 0.0115. The van der Waals surface area contributed by atoms with Crippen molar-refractivity contribution in [2.75, 3.05) is 13.1 Å². The molecule has 0 unspecified atom stereocenters. The number of carbonyl (C=O) groups is 1. The van der Waals surface area contributed by atoms with Gasteiger partial charge in [0.05, 0.1) is 12.1 Å². The summed E-state index contributed by atoms with van der Waals surface area (Å²) in [6.07, 6.45) is 1.38. The van der Waals surface area contributed by atoms with Gasteiger partial charge in [-0.05, 0) is 57.3 Å². The minimum Gasteiger partial charge on any atom is -0.445 e. The molecular formula is C25H42N2O4Si. The number of likely N-dealkylation sites (tertiary alicyclic amines) is 1. The highest BCUT2D eigenvalue weighted by Crippen LogP contribution is 2.40. The van der Waals surface area contributed by atoms with Crippen LogP contribution in [0.4, 0.5) is 4.79 Å². The molecule has 1 aromatic rings. The van der Waals surface area contributed by atoms with Crippen LogP contribution in [0.1, 0.15) is 59.9 Å². The number of carbonyl (C=O) groups excluding carboxylic acids is 1. The molecule has 1 aromatic carbocycles. The van der Waals surface area contributed by atoms with Crippen LogP contribution < -0.4 is 0 Å². The van der Waals surface area contributed by atoms with E-state index in [1.54, 1.807) is 0 Å². The summed E-state index contributed by atoms with van der Waals surface area (Å²) < 4.78 is 12.4. The average Bonchev–Trinajstić information content (AvgIpc) is 3.32. The zero-order valence-corrected chi connectivity index (χ0v) is 22.2. The van der Waals surface area contributed by atoms with Crippen LogP contribution in [0.2, 0.25) is 18.1 Å². The third-order valence-corrected chi connectivity index (χ3v) is 11.6. The third kappa shape index (κ3) is 5.93. The molecule has 180 valence electrons. The van der Waals surface area contributed by atoms with Gasteiger partial charge in [0.2, 0.25) is 0 Å². The van der Waals surface area contributed by atoms with Gasteiger partial charge in [-0.2, -0.15) is 5.06 Å². The van der Waals surface area contributed by atoms with E-state index in [1.165, 1.54) is 0 Å². The van der Waals surface area contributed by atoms with Gasteiger partial charge in [-0.1, -0.05) is 51.1 Å². The number of amides is 1. The maximum absolute atomic E-state index is 13.2. The first kappa shape index (κ1) is 25.2. The topological polar surface area (TPSA) is 51.2 Å². The van der Waals surface area contributed by atoms with E-state index in [1.807, 2.05) is 40.3 Å². The standard InChI is InChI=1S/C25H42N2O4Si/c1-24(2,3)27-15-14-22(30-27)21-16-20(31-32(7,8)25(4,5)6)17-26(21)23(28)29-18-19-12-10-9-11-13-19/h9-13,20-22H,14-18H2,1-8H3/t20-,21+,22-/m1/s1. The Morgan fingerprint density at radius 1 is 1.12 bits per heavy atom. The number of ether oxygens (including phenoxy) is 1. The van der Waals surface area contributed by atoms with Gasteiger partial charge in [-0.25, -0.2) is 4.79 Å². The number of hydroxylamine groups is 2. The van der Waals surface area contributed by atoms with Gasteiger partial charge < -0.3 is 9.16 Å². The Morgan fingerprint density at radius 3 is 2.34 bits per heavy atom. The number of hydrogen-bond acceptors (Lipinski definition) is 5. The van der Waals surface area contributed by atoms with E-state index in [4.69, 9.17) is 14.0 Å². The predicted molar refractivity (Wildman–Crippen MR) is 130 cm³/mol. The SMILES string of the molecule is CC(C)(C)N1CC[C@H]([C@@H]2C[C@@H](O[Si](C)(C)C(C)(C)C)CN2C(=O)OCc2ccccc2)O1. The fraction of sp³-hybridized carbons (Fsp3) is 0.720. The molecule has 0 radical (unpaired) electrons. The second-order valence-corrected chi connectivity index (χ2v) is 16.5. The van der Waals surface area contributed by atoms with Gasteiger partial charge in [0, 0.05) is 18.6 Å². The number of rotatable bonds is 5. The molecule has 6 nitrogen and oxygen atoms in total. The molecule has 0 saturated carbocycles. The Labute approximate surface area is 195 Å². The molecule has 2 heterocycles. The fourth-order valence-corrected chi connectivity index (χ4v) is 5.50. The number of hydrogen-bond donors (Lipinski definition) is 0. The molecule has 2 fully saturated rings. The second kappa shape index (κ2) is 9.45. The van der Waals surface area contributed by atoms with Crippen molar-refractivity contribution in [3.8, 4) is 0 Å². The maximum Gasteiger partial charge on any atom is 0.410 e. The van der Waals surface area contributed by atoms with E-state index in [0.717, 1.165) is 24.9 Å². The quantitative estimate of drug-likeness (QED) is 0.534. The lowest BCUT2D eigenvalue weighted by atomic mass is 10.1. The second-order valence-electron chi connectivity index (χ2n) is 11.7. The van der Waals surface area contributed by atoms with Crippen molar-refractivity contribution in [2.45, 2.75) is 103 Å². The van der Waals surface area contributed by atoms with Crippen molar-refractivity contribution in [3.63, 3.8) is 0 Å². The molecule has 0 bridgehead atoms. The van der Waals surface area contributed by atoms with Crippen LogP contribution in [0.5, 0.6) is 0 Å². The summed E-state index contributed by atoms with van der Waals surface area (Å²) in [6, 6.07) is 9.78. The molecular weight excluding hydrogens is 420 g/mol. The average molecular weight is 463 g/mol. The molecule has 2 aliphatic heterocycles. The van der Waals surface area contributed by atoms with Gasteiger partial charge in [-0.3, -0.25) is 9.74 Å². The van der Waals surface area contributed by atoms with Gasteiger partial charge in [0.1, 0.15) is 12.7 Å². The predicted octanol–water partition coefficient (Wildman–Crippen LogP) is 5.59. The first-order valence-electron chi connectivity index (χ1n) is 11.9. The monoisotopic (exact) mass is 462 g/mol. The van der Waals surface area contributed by atoms with Crippen molar-refractivity contribution in [3.05, 3.63) is 35.9 Å². The number of benzene rings is 1. The smallest absolute Gasteiger partial charge is 0.410 e. The summed E-state index contributed by atoms with van der Waals surface area (Å²) in [5.41, 5.74) is 0.921. The Balaban J connectivity index is 1.72. The minimum atomic E-state index is -1.95. The summed E-state index contributed by atoms with van der Waals surface area (Å²) in [4.78, 5) is 21.4. The molecule has 0 aliphatic carbocycles. The molecule has 2 aliphatic rings. The van der Waals surface area contributed by atoms with Crippen molar-refractivity contribution in [1.82, 2.24) is 9.96 Å². The molecule has 3 atom stereocenters. The van der Waals surface area contributed by atoms with Crippen LogP contribution in [0.15, 0.2) is 30.3 Å². The zero-order chi connectivity index (χ0) is 23.7. The van der Waals surface area contributed by atoms with Crippen molar-refractivity contribution < 1.29 is 18.8 Å². The lowest BCUT2D eigenvalue weighted by molar-refractivity contribution is -0.204. The summed E-state index contributed by atoms with van der Waals surface area (Å²) in [6.45, 7) is 19.4. The Bertz CT molecular complexity index is 772. The van der Waals surface area contributed by atoms with Crippen LogP contribution in [0.25, 0.3) is 0 Å². The first-order chi connectivity index (χ1) is 14.8. The lowest BCUT2D eigenvalue weighted by Gasteiger charge is -2.38. The van der Waals surface area contributed by atoms with Gasteiger partial charge in [0.15, 0.2) is 8.32 Å². The molecule has 1 amide bonds.